The Labute approximate surface area is 151 Å². The number of ether oxygens (including phenoxy) is 1. The zero-order valence-electron chi connectivity index (χ0n) is 15.6. The monoisotopic (exact) mass is 345 g/mol. The number of hydrogen-bond donors (Lipinski definition) is 0. The van der Waals surface area contributed by atoms with Crippen LogP contribution in [-0.4, -0.2) is 36.0 Å². The molecule has 1 unspecified atom stereocenters. The summed E-state index contributed by atoms with van der Waals surface area (Å²) in [6, 6.07) is 7.40. The fourth-order valence-corrected chi connectivity index (χ4v) is 3.24. The molecule has 1 aliphatic heterocycles. The molecule has 1 fully saturated rings. The predicted octanol–water partition coefficient (Wildman–Crippen LogP) is 4.37. The van der Waals surface area contributed by atoms with Crippen LogP contribution in [0.2, 0.25) is 0 Å². The fraction of sp³-hybridized carbons (Fsp3) is 0.619. The summed E-state index contributed by atoms with van der Waals surface area (Å²) in [5.41, 5.74) is 1.91. The van der Waals surface area contributed by atoms with Gasteiger partial charge in [-0.3, -0.25) is 4.79 Å². The highest BCUT2D eigenvalue weighted by Crippen LogP contribution is 2.22. The standard InChI is InChI=1S/C21H31NO3/c1-3-5-7-16-25-21(24)19-10-8-15-22(19)20(23)18-13-11-17(12-14-18)9-6-4-2/h11-14,19H,3-10,15-16H2,1-2H3. The van der Waals surface area contributed by atoms with Gasteiger partial charge in [-0.05, 0) is 49.8 Å². The van der Waals surface area contributed by atoms with Gasteiger partial charge in [0.25, 0.3) is 5.91 Å². The van der Waals surface area contributed by atoms with Gasteiger partial charge >= 0.3 is 5.97 Å². The van der Waals surface area contributed by atoms with Gasteiger partial charge < -0.3 is 9.64 Å². The summed E-state index contributed by atoms with van der Waals surface area (Å²) in [4.78, 5) is 26.8. The van der Waals surface area contributed by atoms with Crippen LogP contribution in [0.3, 0.4) is 0 Å². The number of carbonyl (C=O) groups is 2. The van der Waals surface area contributed by atoms with Gasteiger partial charge in [0.15, 0.2) is 0 Å². The largest absolute Gasteiger partial charge is 0.464 e. The molecule has 1 amide bonds. The first kappa shape index (κ1) is 19.5. The topological polar surface area (TPSA) is 46.6 Å². The molecule has 0 saturated carbocycles. The maximum atomic E-state index is 12.8. The highest BCUT2D eigenvalue weighted by atomic mass is 16.5. The molecule has 1 aromatic carbocycles. The van der Waals surface area contributed by atoms with Gasteiger partial charge in [0, 0.05) is 12.1 Å². The average molecular weight is 345 g/mol. The number of hydrogen-bond acceptors (Lipinski definition) is 3. The predicted molar refractivity (Wildman–Crippen MR) is 99.6 cm³/mol. The van der Waals surface area contributed by atoms with E-state index in [2.05, 4.69) is 13.8 Å². The Morgan fingerprint density at radius 2 is 1.80 bits per heavy atom. The lowest BCUT2D eigenvalue weighted by atomic mass is 10.1. The van der Waals surface area contributed by atoms with Crippen LogP contribution in [0.4, 0.5) is 0 Å². The first-order valence-corrected chi connectivity index (χ1v) is 9.74. The molecule has 1 saturated heterocycles. The molecule has 1 heterocycles. The Morgan fingerprint density at radius 3 is 2.48 bits per heavy atom. The lowest BCUT2D eigenvalue weighted by Gasteiger charge is -2.23. The number of esters is 1. The summed E-state index contributed by atoms with van der Waals surface area (Å²) in [7, 11) is 0. The van der Waals surface area contributed by atoms with Gasteiger partial charge in [0.05, 0.1) is 6.61 Å². The molecular weight excluding hydrogens is 314 g/mol. The van der Waals surface area contributed by atoms with Crippen LogP contribution >= 0.6 is 0 Å². The van der Waals surface area contributed by atoms with Crippen LogP contribution in [0, 0.1) is 0 Å². The van der Waals surface area contributed by atoms with Crippen molar-refractivity contribution in [2.75, 3.05) is 13.2 Å². The molecule has 4 heteroatoms. The molecule has 1 atom stereocenters. The van der Waals surface area contributed by atoms with E-state index in [1.165, 1.54) is 5.56 Å². The van der Waals surface area contributed by atoms with Crippen molar-refractivity contribution >= 4 is 11.9 Å². The smallest absolute Gasteiger partial charge is 0.328 e. The van der Waals surface area contributed by atoms with Crippen LogP contribution in [-0.2, 0) is 16.0 Å². The number of aryl methyl sites for hydroxylation is 1. The quantitative estimate of drug-likeness (QED) is 0.493. The van der Waals surface area contributed by atoms with E-state index in [9.17, 15) is 9.59 Å². The van der Waals surface area contributed by atoms with Gasteiger partial charge in [-0.25, -0.2) is 4.79 Å². The summed E-state index contributed by atoms with van der Waals surface area (Å²) in [6.07, 6.45) is 7.97. The number of amides is 1. The maximum absolute atomic E-state index is 12.8. The summed E-state index contributed by atoms with van der Waals surface area (Å²) in [5.74, 6) is -0.309. The minimum Gasteiger partial charge on any atom is -0.464 e. The van der Waals surface area contributed by atoms with Crippen molar-refractivity contribution < 1.29 is 14.3 Å². The summed E-state index contributed by atoms with van der Waals surface area (Å²) in [5, 5.41) is 0. The molecular formula is C21H31NO3. The Hall–Kier alpha value is -1.84. The van der Waals surface area contributed by atoms with E-state index < -0.39 is 6.04 Å². The fourth-order valence-electron chi connectivity index (χ4n) is 3.24. The Balaban J connectivity index is 1.93. The minimum atomic E-state index is -0.422. The van der Waals surface area contributed by atoms with Crippen LogP contribution < -0.4 is 0 Å². The van der Waals surface area contributed by atoms with E-state index in [0.29, 0.717) is 25.1 Å². The molecule has 0 spiro atoms. The van der Waals surface area contributed by atoms with Gasteiger partial charge in [-0.2, -0.15) is 0 Å². The highest BCUT2D eigenvalue weighted by molar-refractivity contribution is 5.97. The van der Waals surface area contributed by atoms with Crippen LogP contribution in [0.5, 0.6) is 0 Å². The Morgan fingerprint density at radius 1 is 1.08 bits per heavy atom. The molecule has 138 valence electrons. The van der Waals surface area contributed by atoms with Gasteiger partial charge in [-0.15, -0.1) is 0 Å². The number of benzene rings is 1. The van der Waals surface area contributed by atoms with Crippen molar-refractivity contribution in [3.63, 3.8) is 0 Å². The third-order valence-electron chi connectivity index (χ3n) is 4.80. The van der Waals surface area contributed by atoms with Crippen molar-refractivity contribution in [1.82, 2.24) is 4.90 Å². The second-order valence-corrected chi connectivity index (χ2v) is 6.83. The Kier molecular flexibility index (Phi) is 7.96. The number of carbonyl (C=O) groups excluding carboxylic acids is 2. The maximum Gasteiger partial charge on any atom is 0.328 e. The molecule has 0 radical (unpaired) electrons. The lowest BCUT2D eigenvalue weighted by Crippen LogP contribution is -2.41. The number of rotatable bonds is 9. The molecule has 2 rings (SSSR count). The van der Waals surface area contributed by atoms with E-state index >= 15 is 0 Å². The molecule has 25 heavy (non-hydrogen) atoms. The van der Waals surface area contributed by atoms with Crippen molar-refractivity contribution in [3.05, 3.63) is 35.4 Å². The zero-order chi connectivity index (χ0) is 18.1. The summed E-state index contributed by atoms with van der Waals surface area (Å²) in [6.45, 7) is 5.38. The molecule has 1 aromatic rings. The third-order valence-corrected chi connectivity index (χ3v) is 4.80. The number of nitrogens with zero attached hydrogens (tertiary/aromatic N) is 1. The molecule has 0 aromatic heterocycles. The van der Waals surface area contributed by atoms with E-state index in [4.69, 9.17) is 4.74 Å². The van der Waals surface area contributed by atoms with Gasteiger partial charge in [-0.1, -0.05) is 45.2 Å². The lowest BCUT2D eigenvalue weighted by molar-refractivity contribution is -0.148. The third kappa shape index (κ3) is 5.58. The summed E-state index contributed by atoms with van der Waals surface area (Å²) < 4.78 is 5.37. The second kappa shape index (κ2) is 10.2. The van der Waals surface area contributed by atoms with E-state index in [1.54, 1.807) is 4.90 Å². The second-order valence-electron chi connectivity index (χ2n) is 6.83. The van der Waals surface area contributed by atoms with Crippen LogP contribution in [0.1, 0.15) is 74.7 Å². The van der Waals surface area contributed by atoms with E-state index in [1.807, 2.05) is 24.3 Å². The average Bonchev–Trinajstić information content (AvgIpc) is 3.13. The van der Waals surface area contributed by atoms with Crippen molar-refractivity contribution in [2.45, 2.75) is 71.3 Å². The molecule has 4 nitrogen and oxygen atoms in total. The Bertz CT molecular complexity index is 553. The van der Waals surface area contributed by atoms with Crippen molar-refractivity contribution in [1.29, 1.82) is 0 Å². The number of likely N-dealkylation sites (tertiary alicyclic amines) is 1. The van der Waals surface area contributed by atoms with Crippen LogP contribution in [0.25, 0.3) is 0 Å². The van der Waals surface area contributed by atoms with Crippen molar-refractivity contribution in [2.24, 2.45) is 0 Å². The van der Waals surface area contributed by atoms with Gasteiger partial charge in [0.1, 0.15) is 6.04 Å². The zero-order valence-corrected chi connectivity index (χ0v) is 15.6. The highest BCUT2D eigenvalue weighted by Gasteiger charge is 2.35. The first-order chi connectivity index (χ1) is 12.2. The van der Waals surface area contributed by atoms with E-state index in [-0.39, 0.29) is 11.9 Å². The van der Waals surface area contributed by atoms with Crippen LogP contribution in [0.15, 0.2) is 24.3 Å². The molecule has 0 N–H and O–H groups in total. The number of unbranched alkanes of at least 4 members (excludes halogenated alkanes) is 3. The molecule has 1 aliphatic rings. The normalized spacial score (nSPS) is 16.9. The first-order valence-electron chi connectivity index (χ1n) is 9.74. The molecule has 0 aliphatic carbocycles. The van der Waals surface area contributed by atoms with Crippen molar-refractivity contribution in [3.8, 4) is 0 Å². The minimum absolute atomic E-state index is 0.0601. The van der Waals surface area contributed by atoms with Gasteiger partial charge in [0.2, 0.25) is 0 Å². The SMILES string of the molecule is CCCCCOC(=O)C1CCCN1C(=O)c1ccc(CCCC)cc1. The summed E-state index contributed by atoms with van der Waals surface area (Å²) >= 11 is 0. The molecule has 0 bridgehead atoms. The van der Waals surface area contributed by atoms with E-state index in [0.717, 1.165) is 44.9 Å².